The molecule has 0 unspecified atom stereocenters. The lowest BCUT2D eigenvalue weighted by Crippen LogP contribution is -2.54. The summed E-state index contributed by atoms with van der Waals surface area (Å²) >= 11 is 0. The van der Waals surface area contributed by atoms with E-state index in [9.17, 15) is 14.4 Å². The van der Waals surface area contributed by atoms with Crippen molar-refractivity contribution < 1.29 is 23.9 Å². The molecule has 8 nitrogen and oxygen atoms in total. The molecule has 30 heavy (non-hydrogen) atoms. The molecule has 0 radical (unpaired) electrons. The van der Waals surface area contributed by atoms with Gasteiger partial charge in [0.25, 0.3) is 0 Å². The fraction of sp³-hybridized carbons (Fsp3) is 0.500. The molecular weight excluding hydrogens is 386 g/mol. The SMILES string of the molecule is COC(=O)c1cccc(C#CCN2C[C@@H]3CN(C(=O)OC(C)(C)C)CCN3C2=O)c1. The van der Waals surface area contributed by atoms with Gasteiger partial charge in [-0.1, -0.05) is 17.9 Å². The lowest BCUT2D eigenvalue weighted by atomic mass is 10.1. The molecule has 0 bridgehead atoms. The molecule has 8 heteroatoms. The average Bonchev–Trinajstić information content (AvgIpc) is 3.01. The van der Waals surface area contributed by atoms with E-state index in [-0.39, 0.29) is 24.7 Å². The van der Waals surface area contributed by atoms with Crippen molar-refractivity contribution in [1.29, 1.82) is 0 Å². The van der Waals surface area contributed by atoms with Crippen LogP contribution in [0.4, 0.5) is 9.59 Å². The minimum Gasteiger partial charge on any atom is -0.465 e. The highest BCUT2D eigenvalue weighted by atomic mass is 16.6. The van der Waals surface area contributed by atoms with Gasteiger partial charge in [0, 0.05) is 31.7 Å². The van der Waals surface area contributed by atoms with E-state index >= 15 is 0 Å². The van der Waals surface area contributed by atoms with Crippen molar-refractivity contribution in [3.8, 4) is 11.8 Å². The maximum absolute atomic E-state index is 12.7. The van der Waals surface area contributed by atoms with Crippen LogP contribution in [0.15, 0.2) is 24.3 Å². The smallest absolute Gasteiger partial charge is 0.410 e. The van der Waals surface area contributed by atoms with Gasteiger partial charge in [-0.2, -0.15) is 0 Å². The number of carbonyl (C=O) groups excluding carboxylic acids is 3. The topological polar surface area (TPSA) is 79.4 Å². The van der Waals surface area contributed by atoms with Crippen LogP contribution in [0.3, 0.4) is 0 Å². The van der Waals surface area contributed by atoms with Crippen LogP contribution in [0.2, 0.25) is 0 Å². The summed E-state index contributed by atoms with van der Waals surface area (Å²) in [6.45, 7) is 7.68. The number of methoxy groups -OCH3 is 1. The van der Waals surface area contributed by atoms with Crippen molar-refractivity contribution in [2.24, 2.45) is 0 Å². The normalized spacial score (nSPS) is 18.5. The van der Waals surface area contributed by atoms with Crippen molar-refractivity contribution in [2.45, 2.75) is 32.4 Å². The molecule has 2 saturated heterocycles. The molecule has 1 aromatic rings. The Balaban J connectivity index is 1.59. The van der Waals surface area contributed by atoms with Gasteiger partial charge in [-0.15, -0.1) is 0 Å². The number of hydrogen-bond donors (Lipinski definition) is 0. The molecule has 3 amide bonds. The Morgan fingerprint density at radius 3 is 2.67 bits per heavy atom. The zero-order valence-corrected chi connectivity index (χ0v) is 17.8. The van der Waals surface area contributed by atoms with Gasteiger partial charge in [0.05, 0.1) is 25.3 Å². The first kappa shape index (κ1) is 21.5. The number of carbonyl (C=O) groups is 3. The number of rotatable bonds is 2. The summed E-state index contributed by atoms with van der Waals surface area (Å²) in [6.07, 6.45) is -0.349. The van der Waals surface area contributed by atoms with Crippen LogP contribution in [0.5, 0.6) is 0 Å². The molecule has 2 heterocycles. The van der Waals surface area contributed by atoms with Gasteiger partial charge in [0.2, 0.25) is 0 Å². The number of nitrogens with zero attached hydrogens (tertiary/aromatic N) is 3. The summed E-state index contributed by atoms with van der Waals surface area (Å²) in [4.78, 5) is 41.7. The zero-order valence-electron chi connectivity index (χ0n) is 17.8. The average molecular weight is 413 g/mol. The number of amides is 3. The summed E-state index contributed by atoms with van der Waals surface area (Å²) in [7, 11) is 1.33. The Kier molecular flexibility index (Phi) is 6.20. The Bertz CT molecular complexity index is 896. The molecule has 0 spiro atoms. The van der Waals surface area contributed by atoms with Gasteiger partial charge in [-0.25, -0.2) is 14.4 Å². The van der Waals surface area contributed by atoms with Crippen molar-refractivity contribution >= 4 is 18.1 Å². The Morgan fingerprint density at radius 1 is 1.20 bits per heavy atom. The number of hydrogen-bond acceptors (Lipinski definition) is 5. The van der Waals surface area contributed by atoms with Gasteiger partial charge in [0.1, 0.15) is 5.60 Å². The monoisotopic (exact) mass is 413 g/mol. The number of esters is 1. The standard InChI is InChI=1S/C22H27N3O5/c1-22(2,3)30-21(28)24-11-12-25-18(15-24)14-23(20(25)27)10-6-8-16-7-5-9-17(13-16)19(26)29-4/h5,7,9,13,18H,10-12,14-15H2,1-4H3/t18-/m1/s1. The minimum absolute atomic E-state index is 0.0665. The second kappa shape index (κ2) is 8.66. The number of piperazine rings is 1. The molecule has 3 rings (SSSR count). The third-order valence-electron chi connectivity index (χ3n) is 4.87. The molecule has 0 aromatic heterocycles. The van der Waals surface area contributed by atoms with Gasteiger partial charge < -0.3 is 24.2 Å². The first-order valence-corrected chi connectivity index (χ1v) is 9.88. The van der Waals surface area contributed by atoms with Gasteiger partial charge in [0.15, 0.2) is 0 Å². The second-order valence-corrected chi connectivity index (χ2v) is 8.31. The predicted octanol–water partition coefficient (Wildman–Crippen LogP) is 2.18. The molecule has 0 saturated carbocycles. The Labute approximate surface area is 176 Å². The summed E-state index contributed by atoms with van der Waals surface area (Å²) in [5.41, 5.74) is 0.561. The Hall–Kier alpha value is -3.21. The fourth-order valence-electron chi connectivity index (χ4n) is 3.48. The quantitative estimate of drug-likeness (QED) is 0.549. The molecule has 0 N–H and O–H groups in total. The van der Waals surface area contributed by atoms with Crippen LogP contribution in [-0.2, 0) is 9.47 Å². The Morgan fingerprint density at radius 2 is 1.97 bits per heavy atom. The number of fused-ring (bicyclic) bond motifs is 1. The van der Waals surface area contributed by atoms with Crippen LogP contribution in [0.1, 0.15) is 36.7 Å². The van der Waals surface area contributed by atoms with Gasteiger partial charge in [-0.3, -0.25) is 0 Å². The van der Waals surface area contributed by atoms with Crippen LogP contribution < -0.4 is 0 Å². The second-order valence-electron chi connectivity index (χ2n) is 8.31. The van der Waals surface area contributed by atoms with E-state index in [0.717, 1.165) is 0 Å². The molecule has 2 fully saturated rings. The van der Waals surface area contributed by atoms with E-state index in [4.69, 9.17) is 9.47 Å². The van der Waals surface area contributed by atoms with Gasteiger partial charge >= 0.3 is 18.1 Å². The summed E-state index contributed by atoms with van der Waals surface area (Å²) in [6, 6.07) is 6.72. The maximum atomic E-state index is 12.7. The maximum Gasteiger partial charge on any atom is 0.410 e. The highest BCUT2D eigenvalue weighted by Gasteiger charge is 2.42. The third kappa shape index (κ3) is 5.03. The summed E-state index contributed by atoms with van der Waals surface area (Å²) in [5.74, 6) is 5.58. The first-order valence-electron chi connectivity index (χ1n) is 9.88. The molecule has 160 valence electrons. The van der Waals surface area contributed by atoms with Crippen LogP contribution >= 0.6 is 0 Å². The molecule has 1 aromatic carbocycles. The van der Waals surface area contributed by atoms with E-state index in [0.29, 0.717) is 37.3 Å². The van der Waals surface area contributed by atoms with E-state index in [1.807, 2.05) is 20.8 Å². The van der Waals surface area contributed by atoms with Crippen LogP contribution in [0, 0.1) is 11.8 Å². The van der Waals surface area contributed by atoms with Crippen LogP contribution in [0.25, 0.3) is 0 Å². The first-order chi connectivity index (χ1) is 14.2. The molecular formula is C22H27N3O5. The lowest BCUT2D eigenvalue weighted by molar-refractivity contribution is 0.0127. The summed E-state index contributed by atoms with van der Waals surface area (Å²) in [5, 5.41) is 0. The largest absolute Gasteiger partial charge is 0.465 e. The molecule has 0 aliphatic carbocycles. The third-order valence-corrected chi connectivity index (χ3v) is 4.87. The summed E-state index contributed by atoms with van der Waals surface area (Å²) < 4.78 is 10.2. The zero-order chi connectivity index (χ0) is 21.9. The van der Waals surface area contributed by atoms with Crippen molar-refractivity contribution in [3.63, 3.8) is 0 Å². The number of ether oxygens (including phenoxy) is 2. The van der Waals surface area contributed by atoms with E-state index < -0.39 is 11.6 Å². The van der Waals surface area contributed by atoms with Crippen LogP contribution in [-0.4, -0.2) is 84.3 Å². The van der Waals surface area contributed by atoms with E-state index in [1.165, 1.54) is 7.11 Å². The van der Waals surface area contributed by atoms with Crippen molar-refractivity contribution in [3.05, 3.63) is 35.4 Å². The lowest BCUT2D eigenvalue weighted by Gasteiger charge is -2.37. The van der Waals surface area contributed by atoms with Crippen molar-refractivity contribution in [2.75, 3.05) is 39.8 Å². The highest BCUT2D eigenvalue weighted by molar-refractivity contribution is 5.89. The van der Waals surface area contributed by atoms with E-state index in [1.54, 1.807) is 39.0 Å². The minimum atomic E-state index is -0.549. The predicted molar refractivity (Wildman–Crippen MR) is 110 cm³/mol. The van der Waals surface area contributed by atoms with E-state index in [2.05, 4.69) is 11.8 Å². The van der Waals surface area contributed by atoms with Crippen molar-refractivity contribution in [1.82, 2.24) is 14.7 Å². The number of benzene rings is 1. The fourth-order valence-corrected chi connectivity index (χ4v) is 3.48. The molecule has 2 aliphatic rings. The highest BCUT2D eigenvalue weighted by Crippen LogP contribution is 2.22. The molecule has 1 atom stereocenters. The molecule has 2 aliphatic heterocycles. The van der Waals surface area contributed by atoms with Gasteiger partial charge in [-0.05, 0) is 39.0 Å². The number of urea groups is 1.